The first-order chi connectivity index (χ1) is 10.7. The number of rotatable bonds is 5. The van der Waals surface area contributed by atoms with E-state index in [-0.39, 0.29) is 5.82 Å². The normalized spacial score (nSPS) is 11.0. The molecule has 0 bridgehead atoms. The Bertz CT molecular complexity index is 777. The van der Waals surface area contributed by atoms with Crippen LogP contribution in [0.5, 0.6) is 5.75 Å². The smallest absolute Gasteiger partial charge is 0.165 e. The molecule has 0 amide bonds. The number of nitrogens with zero attached hydrogens (tertiary/aromatic N) is 1. The lowest BCUT2D eigenvalue weighted by Gasteiger charge is -2.10. The van der Waals surface area contributed by atoms with Crippen LogP contribution in [0.25, 0.3) is 10.9 Å². The van der Waals surface area contributed by atoms with Gasteiger partial charge in [-0.2, -0.15) is 0 Å². The molecule has 0 saturated heterocycles. The van der Waals surface area contributed by atoms with E-state index in [1.54, 1.807) is 0 Å². The molecule has 0 fully saturated rings. The summed E-state index contributed by atoms with van der Waals surface area (Å²) in [6.07, 6.45) is 4.01. The van der Waals surface area contributed by atoms with E-state index in [2.05, 4.69) is 13.1 Å². The summed E-state index contributed by atoms with van der Waals surface area (Å²) < 4.78 is 22.2. The molecule has 0 aliphatic rings. The fourth-order valence-corrected chi connectivity index (χ4v) is 2.85. The molecule has 1 aromatic heterocycles. The Labute approximate surface area is 130 Å². The number of halogens is 1. The summed E-state index contributed by atoms with van der Waals surface area (Å²) in [5.41, 5.74) is 3.18. The van der Waals surface area contributed by atoms with Crippen LogP contribution in [0.15, 0.2) is 48.7 Å². The minimum Gasteiger partial charge on any atom is -0.485 e. The molecule has 114 valence electrons. The van der Waals surface area contributed by atoms with Crippen molar-refractivity contribution in [3.8, 4) is 5.75 Å². The SMILES string of the molecule is CCCc1cn(C)c2ccc(F)c(OCc3ccccc3)c12. The average Bonchev–Trinajstić information content (AvgIpc) is 2.84. The lowest BCUT2D eigenvalue weighted by molar-refractivity contribution is 0.294. The molecule has 0 atom stereocenters. The number of benzene rings is 2. The molecule has 3 rings (SSSR count). The molecule has 0 unspecified atom stereocenters. The quantitative estimate of drug-likeness (QED) is 0.656. The number of aryl methyl sites for hydroxylation is 2. The highest BCUT2D eigenvalue weighted by Gasteiger charge is 2.16. The molecule has 0 spiro atoms. The van der Waals surface area contributed by atoms with Gasteiger partial charge in [-0.1, -0.05) is 43.7 Å². The molecule has 2 aromatic carbocycles. The Balaban J connectivity index is 2.01. The maximum absolute atomic E-state index is 14.3. The van der Waals surface area contributed by atoms with Gasteiger partial charge in [0.25, 0.3) is 0 Å². The molecule has 0 aliphatic heterocycles. The first-order valence-corrected chi connectivity index (χ1v) is 7.64. The monoisotopic (exact) mass is 297 g/mol. The maximum atomic E-state index is 14.3. The second-order valence-corrected chi connectivity index (χ2v) is 5.56. The number of hydrogen-bond acceptors (Lipinski definition) is 1. The van der Waals surface area contributed by atoms with Crippen LogP contribution in [0, 0.1) is 5.82 Å². The van der Waals surface area contributed by atoms with Crippen LogP contribution >= 0.6 is 0 Å². The van der Waals surface area contributed by atoms with Crippen molar-refractivity contribution in [3.63, 3.8) is 0 Å². The van der Waals surface area contributed by atoms with E-state index in [4.69, 9.17) is 4.74 Å². The number of ether oxygens (including phenoxy) is 1. The van der Waals surface area contributed by atoms with E-state index < -0.39 is 0 Å². The van der Waals surface area contributed by atoms with Gasteiger partial charge >= 0.3 is 0 Å². The van der Waals surface area contributed by atoms with Crippen molar-refractivity contribution >= 4 is 10.9 Å². The van der Waals surface area contributed by atoms with Gasteiger partial charge in [0.05, 0.1) is 5.52 Å². The van der Waals surface area contributed by atoms with Gasteiger partial charge in [0, 0.05) is 18.6 Å². The highest BCUT2D eigenvalue weighted by molar-refractivity contribution is 5.90. The zero-order chi connectivity index (χ0) is 15.5. The average molecular weight is 297 g/mol. The van der Waals surface area contributed by atoms with Crippen LogP contribution in [0.3, 0.4) is 0 Å². The van der Waals surface area contributed by atoms with Crippen molar-refractivity contribution in [2.45, 2.75) is 26.4 Å². The summed E-state index contributed by atoms with van der Waals surface area (Å²) in [5.74, 6) is 0.0670. The Morgan fingerprint density at radius 1 is 1.09 bits per heavy atom. The maximum Gasteiger partial charge on any atom is 0.165 e. The second-order valence-electron chi connectivity index (χ2n) is 5.56. The predicted octanol–water partition coefficient (Wildman–Crippen LogP) is 4.85. The lowest BCUT2D eigenvalue weighted by Crippen LogP contribution is -1.99. The van der Waals surface area contributed by atoms with Gasteiger partial charge in [0.15, 0.2) is 11.6 Å². The molecule has 0 radical (unpaired) electrons. The van der Waals surface area contributed by atoms with E-state index in [1.165, 1.54) is 6.07 Å². The lowest BCUT2D eigenvalue weighted by atomic mass is 10.1. The zero-order valence-electron chi connectivity index (χ0n) is 13.0. The van der Waals surface area contributed by atoms with Gasteiger partial charge in [0.1, 0.15) is 6.61 Å². The first-order valence-electron chi connectivity index (χ1n) is 7.64. The third-order valence-electron chi connectivity index (χ3n) is 3.88. The topological polar surface area (TPSA) is 14.2 Å². The van der Waals surface area contributed by atoms with E-state index >= 15 is 0 Å². The summed E-state index contributed by atoms with van der Waals surface area (Å²) in [4.78, 5) is 0. The van der Waals surface area contributed by atoms with Crippen LogP contribution in [0.2, 0.25) is 0 Å². The van der Waals surface area contributed by atoms with Crippen molar-refractivity contribution in [2.75, 3.05) is 0 Å². The summed E-state index contributed by atoms with van der Waals surface area (Å²) in [6, 6.07) is 13.1. The van der Waals surface area contributed by atoms with Gasteiger partial charge in [-0.25, -0.2) is 4.39 Å². The molecular formula is C19H20FNO. The summed E-state index contributed by atoms with van der Waals surface area (Å²) in [7, 11) is 1.99. The van der Waals surface area contributed by atoms with E-state index in [0.717, 1.165) is 34.9 Å². The Hall–Kier alpha value is -2.29. The fraction of sp³-hybridized carbons (Fsp3) is 0.263. The molecule has 1 heterocycles. The third-order valence-corrected chi connectivity index (χ3v) is 3.88. The number of aromatic nitrogens is 1. The van der Waals surface area contributed by atoms with Crippen LogP contribution in [-0.4, -0.2) is 4.57 Å². The highest BCUT2D eigenvalue weighted by Crippen LogP contribution is 2.34. The van der Waals surface area contributed by atoms with Gasteiger partial charge < -0.3 is 9.30 Å². The van der Waals surface area contributed by atoms with Gasteiger partial charge in [0.2, 0.25) is 0 Å². The summed E-state index contributed by atoms with van der Waals surface area (Å²) in [5, 5.41) is 0.903. The van der Waals surface area contributed by atoms with Crippen LogP contribution in [-0.2, 0) is 20.1 Å². The van der Waals surface area contributed by atoms with Crippen molar-refractivity contribution in [3.05, 3.63) is 65.6 Å². The molecule has 3 heteroatoms. The molecule has 2 nitrogen and oxygen atoms in total. The van der Waals surface area contributed by atoms with E-state index in [0.29, 0.717) is 12.4 Å². The minimum atomic E-state index is -0.299. The van der Waals surface area contributed by atoms with Crippen LogP contribution < -0.4 is 4.74 Å². The van der Waals surface area contributed by atoms with E-state index in [9.17, 15) is 4.39 Å². The van der Waals surface area contributed by atoms with Crippen molar-refractivity contribution in [2.24, 2.45) is 7.05 Å². The van der Waals surface area contributed by atoms with Gasteiger partial charge in [-0.3, -0.25) is 0 Å². The number of hydrogen-bond donors (Lipinski definition) is 0. The molecule has 0 saturated carbocycles. The van der Waals surface area contributed by atoms with Crippen molar-refractivity contribution < 1.29 is 9.13 Å². The molecular weight excluding hydrogens is 277 g/mol. The molecule has 0 N–H and O–H groups in total. The van der Waals surface area contributed by atoms with E-state index in [1.807, 2.05) is 48.0 Å². The molecule has 3 aromatic rings. The fourth-order valence-electron chi connectivity index (χ4n) is 2.85. The van der Waals surface area contributed by atoms with Crippen LogP contribution in [0.1, 0.15) is 24.5 Å². The standard InChI is InChI=1S/C19H20FNO/c1-3-7-15-12-21(2)17-11-10-16(20)19(18(15)17)22-13-14-8-5-4-6-9-14/h4-6,8-12H,3,7,13H2,1-2H3. The Morgan fingerprint density at radius 3 is 2.59 bits per heavy atom. The van der Waals surface area contributed by atoms with Crippen LogP contribution in [0.4, 0.5) is 4.39 Å². The molecule has 22 heavy (non-hydrogen) atoms. The first kappa shape index (κ1) is 14.6. The zero-order valence-corrected chi connectivity index (χ0v) is 13.0. The van der Waals surface area contributed by atoms with Gasteiger partial charge in [-0.15, -0.1) is 0 Å². The summed E-state index contributed by atoms with van der Waals surface area (Å²) >= 11 is 0. The Morgan fingerprint density at radius 2 is 1.86 bits per heavy atom. The van der Waals surface area contributed by atoms with Crippen molar-refractivity contribution in [1.29, 1.82) is 0 Å². The third kappa shape index (κ3) is 2.71. The van der Waals surface area contributed by atoms with Crippen molar-refractivity contribution in [1.82, 2.24) is 4.57 Å². The van der Waals surface area contributed by atoms with Gasteiger partial charge in [-0.05, 0) is 29.7 Å². The summed E-state index contributed by atoms with van der Waals surface area (Å²) in [6.45, 7) is 2.50. The number of fused-ring (bicyclic) bond motifs is 1. The predicted molar refractivity (Wildman–Crippen MR) is 87.6 cm³/mol. The highest BCUT2D eigenvalue weighted by atomic mass is 19.1. The molecule has 0 aliphatic carbocycles. The largest absolute Gasteiger partial charge is 0.485 e. The minimum absolute atomic E-state index is 0.299. The Kier molecular flexibility index (Phi) is 4.14. The second kappa shape index (κ2) is 6.22.